The normalized spacial score (nSPS) is 19.7. The molecular formula is C15H22ClNO8S2. The summed E-state index contributed by atoms with van der Waals surface area (Å²) in [5.41, 5.74) is 0.698. The first-order valence-electron chi connectivity index (χ1n) is 8.14. The van der Waals surface area contributed by atoms with Crippen molar-refractivity contribution in [2.75, 3.05) is 25.7 Å². The van der Waals surface area contributed by atoms with E-state index in [9.17, 15) is 16.8 Å². The lowest BCUT2D eigenvalue weighted by molar-refractivity contribution is -0.168. The lowest BCUT2D eigenvalue weighted by Crippen LogP contribution is -2.22. The predicted octanol–water partition coefficient (Wildman–Crippen LogP) is 1.77. The van der Waals surface area contributed by atoms with E-state index in [1.54, 1.807) is 6.07 Å². The van der Waals surface area contributed by atoms with Gasteiger partial charge in [0.2, 0.25) is 0 Å². The molecule has 0 aromatic carbocycles. The zero-order valence-corrected chi connectivity index (χ0v) is 17.3. The van der Waals surface area contributed by atoms with E-state index >= 15 is 0 Å². The van der Waals surface area contributed by atoms with Crippen LogP contribution < -0.4 is 0 Å². The zero-order valence-electron chi connectivity index (χ0n) is 15.0. The molecule has 1 aliphatic rings. The lowest BCUT2D eigenvalue weighted by Gasteiger charge is -2.23. The maximum absolute atomic E-state index is 11.5. The van der Waals surface area contributed by atoms with Gasteiger partial charge in [0.1, 0.15) is 6.10 Å². The topological polar surface area (TPSA) is 118 Å². The molecule has 2 atom stereocenters. The monoisotopic (exact) mass is 443 g/mol. The molecule has 0 bridgehead atoms. The molecule has 0 radical (unpaired) electrons. The molecule has 9 nitrogen and oxygen atoms in total. The highest BCUT2D eigenvalue weighted by atomic mass is 35.5. The van der Waals surface area contributed by atoms with Crippen LogP contribution in [0.1, 0.15) is 36.6 Å². The average molecular weight is 444 g/mol. The first-order chi connectivity index (χ1) is 12.5. The molecule has 2 rings (SSSR count). The van der Waals surface area contributed by atoms with E-state index < -0.39 is 32.9 Å². The molecular weight excluding hydrogens is 422 g/mol. The second kappa shape index (κ2) is 9.59. The Morgan fingerprint density at radius 2 is 2.00 bits per heavy atom. The van der Waals surface area contributed by atoms with Gasteiger partial charge in [0.15, 0.2) is 6.29 Å². The maximum atomic E-state index is 11.5. The molecule has 1 fully saturated rings. The van der Waals surface area contributed by atoms with Gasteiger partial charge < -0.3 is 9.47 Å². The molecule has 12 heteroatoms. The van der Waals surface area contributed by atoms with Crippen molar-refractivity contribution in [1.29, 1.82) is 0 Å². The summed E-state index contributed by atoms with van der Waals surface area (Å²) >= 11 is 6.20. The second-order valence-electron chi connectivity index (χ2n) is 6.10. The molecule has 2 unspecified atom stereocenters. The third kappa shape index (κ3) is 8.38. The summed E-state index contributed by atoms with van der Waals surface area (Å²) in [4.78, 5) is 4.11. The maximum Gasteiger partial charge on any atom is 0.265 e. The Morgan fingerprint density at radius 3 is 2.56 bits per heavy atom. The first-order valence-corrected chi connectivity index (χ1v) is 12.1. The van der Waals surface area contributed by atoms with Crippen molar-refractivity contribution >= 4 is 31.8 Å². The number of hydrogen-bond donors (Lipinski definition) is 0. The number of nitrogens with zero attached hydrogens (tertiary/aromatic N) is 1. The SMILES string of the molecule is CS(=O)(=O)OCC(OS(C)(=O)=O)c1ncc(COC2CCCCO2)cc1Cl. The fourth-order valence-corrected chi connectivity index (χ4v) is 3.63. The van der Waals surface area contributed by atoms with E-state index in [0.29, 0.717) is 12.2 Å². The molecule has 0 saturated carbocycles. The van der Waals surface area contributed by atoms with Crippen LogP contribution in [0.5, 0.6) is 0 Å². The number of hydrogen-bond acceptors (Lipinski definition) is 9. The van der Waals surface area contributed by atoms with Crippen molar-refractivity contribution in [3.8, 4) is 0 Å². The largest absolute Gasteiger partial charge is 0.353 e. The lowest BCUT2D eigenvalue weighted by atomic mass is 10.2. The van der Waals surface area contributed by atoms with Gasteiger partial charge in [-0.2, -0.15) is 16.8 Å². The highest BCUT2D eigenvalue weighted by molar-refractivity contribution is 7.86. The molecule has 2 heterocycles. The summed E-state index contributed by atoms with van der Waals surface area (Å²) in [5.74, 6) is 0. The average Bonchev–Trinajstić information content (AvgIpc) is 2.56. The van der Waals surface area contributed by atoms with Crippen LogP contribution in [0, 0.1) is 0 Å². The number of pyridine rings is 1. The van der Waals surface area contributed by atoms with Crippen molar-refractivity contribution < 1.29 is 34.7 Å². The summed E-state index contributed by atoms with van der Waals surface area (Å²) in [6.07, 6.45) is 4.40. The van der Waals surface area contributed by atoms with Gasteiger partial charge in [-0.15, -0.1) is 0 Å². The first kappa shape index (κ1) is 22.5. The van der Waals surface area contributed by atoms with Gasteiger partial charge in [-0.25, -0.2) is 0 Å². The predicted molar refractivity (Wildman–Crippen MR) is 97.1 cm³/mol. The third-order valence-corrected chi connectivity index (χ3v) is 4.98. The highest BCUT2D eigenvalue weighted by Crippen LogP contribution is 2.27. The van der Waals surface area contributed by atoms with E-state index in [1.807, 2.05) is 0 Å². The minimum Gasteiger partial charge on any atom is -0.353 e. The Balaban J connectivity index is 2.10. The smallest absolute Gasteiger partial charge is 0.265 e. The number of ether oxygens (including phenoxy) is 2. The minimum atomic E-state index is -3.91. The molecule has 1 aromatic rings. The molecule has 0 N–H and O–H groups in total. The number of rotatable bonds is 9. The summed E-state index contributed by atoms with van der Waals surface area (Å²) in [5, 5.41) is 0.103. The van der Waals surface area contributed by atoms with Crippen molar-refractivity contribution in [3.63, 3.8) is 0 Å². The van der Waals surface area contributed by atoms with Crippen LogP contribution >= 0.6 is 11.6 Å². The van der Waals surface area contributed by atoms with E-state index in [-0.39, 0.29) is 23.6 Å². The van der Waals surface area contributed by atoms with Gasteiger partial charge in [0, 0.05) is 12.8 Å². The molecule has 1 saturated heterocycles. The van der Waals surface area contributed by atoms with Crippen molar-refractivity contribution in [2.45, 2.75) is 38.3 Å². The van der Waals surface area contributed by atoms with Gasteiger partial charge in [0.05, 0.1) is 36.4 Å². The van der Waals surface area contributed by atoms with Crippen LogP contribution in [0.4, 0.5) is 0 Å². The third-order valence-electron chi connectivity index (χ3n) is 3.53. The van der Waals surface area contributed by atoms with E-state index in [1.165, 1.54) is 6.20 Å². The molecule has 0 spiro atoms. The molecule has 0 aliphatic carbocycles. The molecule has 1 aliphatic heterocycles. The quantitative estimate of drug-likeness (QED) is 0.526. The Labute approximate surface area is 164 Å². The van der Waals surface area contributed by atoms with E-state index in [4.69, 9.17) is 25.3 Å². The standard InChI is InChI=1S/C15H22ClNO8S2/c1-26(18,19)24-10-13(25-27(2,20)21)15-12(16)7-11(8-17-15)9-23-14-5-3-4-6-22-14/h7-8,13-14H,3-6,9-10H2,1-2H3. The van der Waals surface area contributed by atoms with Crippen LogP contribution in [-0.2, 0) is 44.7 Å². The van der Waals surface area contributed by atoms with Crippen LogP contribution in [0.25, 0.3) is 0 Å². The fraction of sp³-hybridized carbons (Fsp3) is 0.667. The summed E-state index contributed by atoms with van der Waals surface area (Å²) in [6, 6.07) is 1.55. The zero-order chi connectivity index (χ0) is 20.1. The minimum absolute atomic E-state index is 0.0448. The van der Waals surface area contributed by atoms with E-state index in [2.05, 4.69) is 9.17 Å². The Bertz CT molecular complexity index is 837. The van der Waals surface area contributed by atoms with Gasteiger partial charge in [-0.3, -0.25) is 13.4 Å². The molecule has 0 amide bonds. The van der Waals surface area contributed by atoms with Crippen LogP contribution in [0.3, 0.4) is 0 Å². The Hall–Kier alpha value is -0.820. The van der Waals surface area contributed by atoms with Gasteiger partial charge >= 0.3 is 0 Å². The van der Waals surface area contributed by atoms with Crippen molar-refractivity contribution in [1.82, 2.24) is 4.98 Å². The Kier molecular flexibility index (Phi) is 7.98. The molecule has 1 aromatic heterocycles. The van der Waals surface area contributed by atoms with Crippen LogP contribution in [0.2, 0.25) is 5.02 Å². The molecule has 154 valence electrons. The van der Waals surface area contributed by atoms with Gasteiger partial charge in [-0.1, -0.05) is 11.6 Å². The fourth-order valence-electron chi connectivity index (χ4n) is 2.38. The summed E-state index contributed by atoms with van der Waals surface area (Å²) in [7, 11) is -7.71. The van der Waals surface area contributed by atoms with Gasteiger partial charge in [-0.05, 0) is 30.9 Å². The summed E-state index contributed by atoms with van der Waals surface area (Å²) in [6.45, 7) is 0.299. The van der Waals surface area contributed by atoms with Crippen LogP contribution in [0.15, 0.2) is 12.3 Å². The number of aromatic nitrogens is 1. The van der Waals surface area contributed by atoms with Gasteiger partial charge in [0.25, 0.3) is 20.2 Å². The highest BCUT2D eigenvalue weighted by Gasteiger charge is 2.24. The van der Waals surface area contributed by atoms with Crippen LogP contribution in [-0.4, -0.2) is 53.8 Å². The van der Waals surface area contributed by atoms with Crippen molar-refractivity contribution in [2.24, 2.45) is 0 Å². The number of halogens is 1. The molecule has 27 heavy (non-hydrogen) atoms. The van der Waals surface area contributed by atoms with E-state index in [0.717, 1.165) is 31.8 Å². The summed E-state index contributed by atoms with van der Waals surface area (Å²) < 4.78 is 66.0. The Morgan fingerprint density at radius 1 is 1.26 bits per heavy atom. The second-order valence-corrected chi connectivity index (χ2v) is 9.75. The van der Waals surface area contributed by atoms with Crippen molar-refractivity contribution in [3.05, 3.63) is 28.5 Å².